The Morgan fingerprint density at radius 3 is 2.50 bits per heavy atom. The standard InChI is InChI=1S/C12H17ClO/c1-4-9-8-10(6-7-11(9)13)12(3,14)5-2/h6-8,14H,4-5H2,1-3H3/t12-/m1/s1. The van der Waals surface area contributed by atoms with Gasteiger partial charge in [0.15, 0.2) is 0 Å². The molecule has 0 aliphatic carbocycles. The molecule has 0 fully saturated rings. The summed E-state index contributed by atoms with van der Waals surface area (Å²) in [5.74, 6) is 0. The number of benzene rings is 1. The molecule has 0 aromatic heterocycles. The van der Waals surface area contributed by atoms with Crippen molar-refractivity contribution in [2.75, 3.05) is 0 Å². The van der Waals surface area contributed by atoms with Gasteiger partial charge in [0.25, 0.3) is 0 Å². The Labute approximate surface area is 90.7 Å². The minimum absolute atomic E-state index is 0.706. The maximum atomic E-state index is 10.1. The Morgan fingerprint density at radius 1 is 1.36 bits per heavy atom. The van der Waals surface area contributed by atoms with Crippen LogP contribution in [0.4, 0.5) is 0 Å². The van der Waals surface area contributed by atoms with Crippen molar-refractivity contribution >= 4 is 11.6 Å². The van der Waals surface area contributed by atoms with Crippen molar-refractivity contribution in [1.82, 2.24) is 0 Å². The number of aryl methyl sites for hydroxylation is 1. The first-order valence-corrected chi connectivity index (χ1v) is 5.40. The van der Waals surface area contributed by atoms with Gasteiger partial charge in [-0.2, -0.15) is 0 Å². The van der Waals surface area contributed by atoms with E-state index < -0.39 is 5.60 Å². The summed E-state index contributed by atoms with van der Waals surface area (Å²) in [5.41, 5.74) is 1.30. The molecular formula is C12H17ClO. The van der Waals surface area contributed by atoms with Crippen LogP contribution in [-0.2, 0) is 12.0 Å². The summed E-state index contributed by atoms with van der Waals surface area (Å²) in [5, 5.41) is 10.8. The highest BCUT2D eigenvalue weighted by Gasteiger charge is 2.20. The molecule has 1 rings (SSSR count). The smallest absolute Gasteiger partial charge is 0.0866 e. The minimum atomic E-state index is -0.742. The van der Waals surface area contributed by atoms with Gasteiger partial charge in [0.1, 0.15) is 0 Å². The normalized spacial score (nSPS) is 15.2. The summed E-state index contributed by atoms with van der Waals surface area (Å²) in [6.45, 7) is 5.86. The molecule has 1 atom stereocenters. The highest BCUT2D eigenvalue weighted by Crippen LogP contribution is 2.27. The van der Waals surface area contributed by atoms with E-state index in [0.717, 1.165) is 22.6 Å². The molecule has 1 aromatic rings. The highest BCUT2D eigenvalue weighted by molar-refractivity contribution is 6.31. The fraction of sp³-hybridized carbons (Fsp3) is 0.500. The number of aliphatic hydroxyl groups is 1. The van der Waals surface area contributed by atoms with Crippen molar-refractivity contribution < 1.29 is 5.11 Å². The molecule has 1 nitrogen and oxygen atoms in total. The highest BCUT2D eigenvalue weighted by atomic mass is 35.5. The Bertz CT molecular complexity index is 318. The van der Waals surface area contributed by atoms with Crippen molar-refractivity contribution in [1.29, 1.82) is 0 Å². The first-order valence-electron chi connectivity index (χ1n) is 5.02. The molecule has 78 valence electrons. The van der Waals surface area contributed by atoms with Gasteiger partial charge in [-0.3, -0.25) is 0 Å². The van der Waals surface area contributed by atoms with E-state index in [1.165, 1.54) is 0 Å². The predicted octanol–water partition coefficient (Wildman–Crippen LogP) is 3.52. The number of halogens is 1. The summed E-state index contributed by atoms with van der Waals surface area (Å²) in [6, 6.07) is 5.75. The van der Waals surface area contributed by atoms with E-state index in [9.17, 15) is 5.11 Å². The molecule has 1 aromatic carbocycles. The number of hydrogen-bond donors (Lipinski definition) is 1. The van der Waals surface area contributed by atoms with Gasteiger partial charge in [0.05, 0.1) is 5.60 Å². The summed E-state index contributed by atoms with van der Waals surface area (Å²) >= 11 is 6.01. The quantitative estimate of drug-likeness (QED) is 0.813. The lowest BCUT2D eigenvalue weighted by molar-refractivity contribution is 0.0530. The molecule has 2 heteroatoms. The first kappa shape index (κ1) is 11.5. The van der Waals surface area contributed by atoms with Crippen LogP contribution in [0.25, 0.3) is 0 Å². The Morgan fingerprint density at radius 2 is 2.00 bits per heavy atom. The molecule has 0 heterocycles. The molecule has 0 unspecified atom stereocenters. The summed E-state index contributed by atoms with van der Waals surface area (Å²) in [4.78, 5) is 0. The maximum Gasteiger partial charge on any atom is 0.0866 e. The van der Waals surface area contributed by atoms with Gasteiger partial charge in [-0.15, -0.1) is 0 Å². The van der Waals surface area contributed by atoms with E-state index in [-0.39, 0.29) is 0 Å². The van der Waals surface area contributed by atoms with Gasteiger partial charge in [-0.25, -0.2) is 0 Å². The van der Waals surface area contributed by atoms with Gasteiger partial charge in [-0.1, -0.05) is 37.6 Å². The van der Waals surface area contributed by atoms with E-state index in [2.05, 4.69) is 6.92 Å². The van der Waals surface area contributed by atoms with Crippen molar-refractivity contribution in [3.63, 3.8) is 0 Å². The monoisotopic (exact) mass is 212 g/mol. The molecule has 1 N–H and O–H groups in total. The number of rotatable bonds is 3. The Hall–Kier alpha value is -0.530. The van der Waals surface area contributed by atoms with Crippen LogP contribution in [0.3, 0.4) is 0 Å². The fourth-order valence-corrected chi connectivity index (χ4v) is 1.64. The topological polar surface area (TPSA) is 20.2 Å². The van der Waals surface area contributed by atoms with E-state index in [4.69, 9.17) is 11.6 Å². The van der Waals surface area contributed by atoms with Crippen molar-refractivity contribution in [3.8, 4) is 0 Å². The summed E-state index contributed by atoms with van der Waals surface area (Å²) in [7, 11) is 0. The van der Waals surface area contributed by atoms with Crippen LogP contribution in [0.2, 0.25) is 5.02 Å². The average molecular weight is 213 g/mol. The van der Waals surface area contributed by atoms with E-state index in [1.54, 1.807) is 0 Å². The third-order valence-corrected chi connectivity index (χ3v) is 3.11. The van der Waals surface area contributed by atoms with Crippen LogP contribution in [0.1, 0.15) is 38.3 Å². The van der Waals surface area contributed by atoms with Gasteiger partial charge in [-0.05, 0) is 37.0 Å². The van der Waals surface area contributed by atoms with Crippen LogP contribution in [0.15, 0.2) is 18.2 Å². The third kappa shape index (κ3) is 2.28. The minimum Gasteiger partial charge on any atom is -0.385 e. The lowest BCUT2D eigenvalue weighted by Crippen LogP contribution is -2.19. The molecule has 0 spiro atoms. The Balaban J connectivity index is 3.12. The second kappa shape index (κ2) is 4.33. The van der Waals surface area contributed by atoms with Gasteiger partial charge in [0, 0.05) is 5.02 Å². The molecule has 0 amide bonds. The van der Waals surface area contributed by atoms with E-state index >= 15 is 0 Å². The second-order valence-electron chi connectivity index (χ2n) is 3.79. The predicted molar refractivity (Wildman–Crippen MR) is 60.7 cm³/mol. The zero-order valence-electron chi connectivity index (χ0n) is 8.97. The zero-order valence-corrected chi connectivity index (χ0v) is 9.73. The van der Waals surface area contributed by atoms with Crippen LogP contribution >= 0.6 is 11.6 Å². The summed E-state index contributed by atoms with van der Waals surface area (Å²) < 4.78 is 0. The van der Waals surface area contributed by atoms with Gasteiger partial charge < -0.3 is 5.11 Å². The van der Waals surface area contributed by atoms with Crippen molar-refractivity contribution in [3.05, 3.63) is 34.3 Å². The molecule has 0 bridgehead atoms. The van der Waals surface area contributed by atoms with Gasteiger partial charge >= 0.3 is 0 Å². The van der Waals surface area contributed by atoms with Crippen LogP contribution < -0.4 is 0 Å². The lowest BCUT2D eigenvalue weighted by atomic mass is 9.92. The first-order chi connectivity index (χ1) is 6.51. The lowest BCUT2D eigenvalue weighted by Gasteiger charge is -2.22. The molecule has 0 saturated heterocycles. The Kier molecular flexibility index (Phi) is 3.57. The van der Waals surface area contributed by atoms with Crippen molar-refractivity contribution in [2.24, 2.45) is 0 Å². The molecule has 0 radical (unpaired) electrons. The van der Waals surface area contributed by atoms with Crippen LogP contribution in [0.5, 0.6) is 0 Å². The van der Waals surface area contributed by atoms with Crippen LogP contribution in [0, 0.1) is 0 Å². The maximum absolute atomic E-state index is 10.1. The SMILES string of the molecule is CCc1cc([C@](C)(O)CC)ccc1Cl. The van der Waals surface area contributed by atoms with Crippen molar-refractivity contribution in [2.45, 2.75) is 39.2 Å². The molecular weight excluding hydrogens is 196 g/mol. The zero-order chi connectivity index (χ0) is 10.8. The molecule has 14 heavy (non-hydrogen) atoms. The van der Waals surface area contributed by atoms with E-state index in [1.807, 2.05) is 32.0 Å². The number of hydrogen-bond acceptors (Lipinski definition) is 1. The second-order valence-corrected chi connectivity index (χ2v) is 4.19. The van der Waals surface area contributed by atoms with Gasteiger partial charge in [0.2, 0.25) is 0 Å². The third-order valence-electron chi connectivity index (χ3n) is 2.74. The molecule has 0 aliphatic rings. The van der Waals surface area contributed by atoms with E-state index in [0.29, 0.717) is 6.42 Å². The largest absolute Gasteiger partial charge is 0.385 e. The fourth-order valence-electron chi connectivity index (χ4n) is 1.38. The average Bonchev–Trinajstić information content (AvgIpc) is 2.18. The van der Waals surface area contributed by atoms with Crippen LogP contribution in [-0.4, -0.2) is 5.11 Å². The molecule has 0 saturated carbocycles. The molecule has 0 aliphatic heterocycles. The summed E-state index contributed by atoms with van der Waals surface area (Å²) in [6.07, 6.45) is 1.60.